The Morgan fingerprint density at radius 1 is 1.05 bits per heavy atom. The first-order chi connectivity index (χ1) is 10.0. The average Bonchev–Trinajstić information content (AvgIpc) is 2.48. The number of hydrogen-bond acceptors (Lipinski definition) is 3. The summed E-state index contributed by atoms with van der Waals surface area (Å²) in [6, 6.07) is 14.3. The van der Waals surface area contributed by atoms with Crippen molar-refractivity contribution < 1.29 is 9.59 Å². The molecule has 0 saturated heterocycles. The fourth-order valence-corrected chi connectivity index (χ4v) is 1.81. The van der Waals surface area contributed by atoms with Crippen LogP contribution in [0.2, 0.25) is 0 Å². The zero-order valence-electron chi connectivity index (χ0n) is 11.7. The number of hydrogen-bond donors (Lipinski definition) is 3. The molecule has 2 aromatic rings. The minimum absolute atomic E-state index is 0.107. The number of benzene rings is 2. The molecule has 0 aliphatic carbocycles. The van der Waals surface area contributed by atoms with Gasteiger partial charge in [-0.2, -0.15) is 0 Å². The molecule has 0 aromatic heterocycles. The number of aryl methyl sites for hydroxylation is 1. The average molecular weight is 283 g/mol. The fourth-order valence-electron chi connectivity index (χ4n) is 1.81. The van der Waals surface area contributed by atoms with Crippen LogP contribution in [0.15, 0.2) is 48.5 Å². The fraction of sp³-hybridized carbons (Fsp3) is 0.125. The lowest BCUT2D eigenvalue weighted by Crippen LogP contribution is -2.22. The van der Waals surface area contributed by atoms with Gasteiger partial charge in [-0.05, 0) is 37.3 Å². The van der Waals surface area contributed by atoms with Crippen molar-refractivity contribution in [3.63, 3.8) is 0 Å². The van der Waals surface area contributed by atoms with Gasteiger partial charge >= 0.3 is 0 Å². The van der Waals surface area contributed by atoms with Crippen LogP contribution in [0.4, 0.5) is 11.4 Å². The van der Waals surface area contributed by atoms with Gasteiger partial charge in [-0.25, -0.2) is 0 Å². The van der Waals surface area contributed by atoms with E-state index in [0.717, 1.165) is 11.3 Å². The molecule has 4 N–H and O–H groups in total. The largest absolute Gasteiger partial charge is 0.376 e. The molecule has 0 aliphatic rings. The lowest BCUT2D eigenvalue weighted by Gasteiger charge is -2.08. The molecule has 0 radical (unpaired) electrons. The van der Waals surface area contributed by atoms with E-state index in [1.165, 1.54) is 0 Å². The number of primary amides is 1. The standard InChI is InChI=1S/C16H17N3O2/c1-11-5-7-13(8-6-11)19-15(20)10-18-14-4-2-3-12(9-14)16(17)21/h2-9,18H,10H2,1H3,(H2,17,21)(H,19,20). The second-order valence-corrected chi connectivity index (χ2v) is 4.71. The second-order valence-electron chi connectivity index (χ2n) is 4.71. The summed E-state index contributed by atoms with van der Waals surface area (Å²) in [5, 5.41) is 5.74. The molecular weight excluding hydrogens is 266 g/mol. The third-order valence-electron chi connectivity index (χ3n) is 2.94. The normalized spacial score (nSPS) is 9.95. The summed E-state index contributed by atoms with van der Waals surface area (Å²) < 4.78 is 0. The Labute approximate surface area is 123 Å². The summed E-state index contributed by atoms with van der Waals surface area (Å²) >= 11 is 0. The molecule has 0 saturated carbocycles. The van der Waals surface area contributed by atoms with Crippen LogP contribution >= 0.6 is 0 Å². The van der Waals surface area contributed by atoms with Crippen molar-refractivity contribution in [3.05, 3.63) is 59.7 Å². The Kier molecular flexibility index (Phi) is 4.56. The summed E-state index contributed by atoms with van der Waals surface area (Å²) in [6.45, 7) is 2.09. The molecular formula is C16H17N3O2. The van der Waals surface area contributed by atoms with E-state index < -0.39 is 5.91 Å². The van der Waals surface area contributed by atoms with Gasteiger partial charge in [-0.15, -0.1) is 0 Å². The van der Waals surface area contributed by atoms with Crippen LogP contribution in [0.25, 0.3) is 0 Å². The number of rotatable bonds is 5. The van der Waals surface area contributed by atoms with Crippen LogP contribution in [0.1, 0.15) is 15.9 Å². The molecule has 2 aromatic carbocycles. The molecule has 0 spiro atoms. The smallest absolute Gasteiger partial charge is 0.248 e. The van der Waals surface area contributed by atoms with Gasteiger partial charge in [0.1, 0.15) is 0 Å². The molecule has 0 bridgehead atoms. The highest BCUT2D eigenvalue weighted by atomic mass is 16.2. The monoisotopic (exact) mass is 283 g/mol. The van der Waals surface area contributed by atoms with E-state index in [1.54, 1.807) is 24.3 Å². The van der Waals surface area contributed by atoms with E-state index in [4.69, 9.17) is 5.73 Å². The SMILES string of the molecule is Cc1ccc(NC(=O)CNc2cccc(C(N)=O)c2)cc1. The van der Waals surface area contributed by atoms with Gasteiger partial charge in [0.05, 0.1) is 6.54 Å². The molecule has 0 heterocycles. The van der Waals surface area contributed by atoms with Crippen molar-refractivity contribution in [2.24, 2.45) is 5.73 Å². The predicted molar refractivity (Wildman–Crippen MR) is 83.3 cm³/mol. The summed E-state index contributed by atoms with van der Waals surface area (Å²) in [6.07, 6.45) is 0. The van der Waals surface area contributed by atoms with Crippen molar-refractivity contribution >= 4 is 23.2 Å². The second kappa shape index (κ2) is 6.56. The van der Waals surface area contributed by atoms with E-state index >= 15 is 0 Å². The Morgan fingerprint density at radius 2 is 1.76 bits per heavy atom. The van der Waals surface area contributed by atoms with Crippen LogP contribution in [0.5, 0.6) is 0 Å². The lowest BCUT2D eigenvalue weighted by atomic mass is 10.2. The number of carbonyl (C=O) groups excluding carboxylic acids is 2. The maximum atomic E-state index is 11.8. The number of anilines is 2. The zero-order valence-corrected chi connectivity index (χ0v) is 11.7. The Balaban J connectivity index is 1.90. The molecule has 108 valence electrons. The van der Waals surface area contributed by atoms with Crippen LogP contribution < -0.4 is 16.4 Å². The minimum atomic E-state index is -0.497. The molecule has 21 heavy (non-hydrogen) atoms. The highest BCUT2D eigenvalue weighted by Gasteiger charge is 2.04. The number of carbonyl (C=O) groups is 2. The Morgan fingerprint density at radius 3 is 2.43 bits per heavy atom. The maximum Gasteiger partial charge on any atom is 0.248 e. The van der Waals surface area contributed by atoms with E-state index in [0.29, 0.717) is 11.3 Å². The third kappa shape index (κ3) is 4.35. The number of amides is 2. The first kappa shape index (κ1) is 14.6. The first-order valence-electron chi connectivity index (χ1n) is 6.55. The van der Waals surface area contributed by atoms with Gasteiger partial charge in [0.15, 0.2) is 0 Å². The van der Waals surface area contributed by atoms with Gasteiger partial charge in [-0.1, -0.05) is 23.8 Å². The Hall–Kier alpha value is -2.82. The molecule has 2 amide bonds. The quantitative estimate of drug-likeness (QED) is 0.786. The summed E-state index contributed by atoms with van der Waals surface area (Å²) in [5.74, 6) is -0.661. The van der Waals surface area contributed by atoms with Gasteiger partial charge in [0.2, 0.25) is 11.8 Å². The van der Waals surface area contributed by atoms with Crippen LogP contribution in [0.3, 0.4) is 0 Å². The van der Waals surface area contributed by atoms with E-state index in [9.17, 15) is 9.59 Å². The van der Waals surface area contributed by atoms with Crippen LogP contribution in [-0.4, -0.2) is 18.4 Å². The maximum absolute atomic E-state index is 11.8. The van der Waals surface area contributed by atoms with Crippen molar-refractivity contribution in [2.45, 2.75) is 6.92 Å². The van der Waals surface area contributed by atoms with E-state index in [1.807, 2.05) is 31.2 Å². The van der Waals surface area contributed by atoms with Crippen molar-refractivity contribution in [2.75, 3.05) is 17.2 Å². The molecule has 2 rings (SSSR count). The van der Waals surface area contributed by atoms with Gasteiger partial charge in [0, 0.05) is 16.9 Å². The van der Waals surface area contributed by atoms with Gasteiger partial charge in [-0.3, -0.25) is 9.59 Å². The number of nitrogens with one attached hydrogen (secondary N) is 2. The topological polar surface area (TPSA) is 84.2 Å². The van der Waals surface area contributed by atoms with Crippen molar-refractivity contribution in [1.29, 1.82) is 0 Å². The molecule has 5 heteroatoms. The molecule has 0 aliphatic heterocycles. The highest BCUT2D eigenvalue weighted by molar-refractivity contribution is 5.95. The molecule has 0 unspecified atom stereocenters. The number of nitrogens with two attached hydrogens (primary N) is 1. The molecule has 0 atom stereocenters. The Bertz CT molecular complexity index is 651. The highest BCUT2D eigenvalue weighted by Crippen LogP contribution is 2.11. The molecule has 5 nitrogen and oxygen atoms in total. The van der Waals surface area contributed by atoms with Crippen LogP contribution in [0, 0.1) is 6.92 Å². The first-order valence-corrected chi connectivity index (χ1v) is 6.55. The van der Waals surface area contributed by atoms with E-state index in [2.05, 4.69) is 10.6 Å². The third-order valence-corrected chi connectivity index (χ3v) is 2.94. The summed E-state index contributed by atoms with van der Waals surface area (Å²) in [4.78, 5) is 22.9. The summed E-state index contributed by atoms with van der Waals surface area (Å²) in [5.41, 5.74) is 8.16. The molecule has 0 fully saturated rings. The zero-order chi connectivity index (χ0) is 15.2. The van der Waals surface area contributed by atoms with E-state index in [-0.39, 0.29) is 12.5 Å². The minimum Gasteiger partial charge on any atom is -0.376 e. The lowest BCUT2D eigenvalue weighted by molar-refractivity contribution is -0.114. The van der Waals surface area contributed by atoms with Crippen LogP contribution in [-0.2, 0) is 4.79 Å². The van der Waals surface area contributed by atoms with Crippen molar-refractivity contribution in [3.8, 4) is 0 Å². The van der Waals surface area contributed by atoms with Gasteiger partial charge < -0.3 is 16.4 Å². The van der Waals surface area contributed by atoms with Crippen molar-refractivity contribution in [1.82, 2.24) is 0 Å². The van der Waals surface area contributed by atoms with Gasteiger partial charge in [0.25, 0.3) is 0 Å². The summed E-state index contributed by atoms with van der Waals surface area (Å²) in [7, 11) is 0. The predicted octanol–water partition coefficient (Wildman–Crippen LogP) is 2.14.